The van der Waals surface area contributed by atoms with Crippen LogP contribution in [0.3, 0.4) is 0 Å². The van der Waals surface area contributed by atoms with Crippen LogP contribution in [0, 0.1) is 0 Å². The third-order valence-electron chi connectivity index (χ3n) is 4.76. The van der Waals surface area contributed by atoms with E-state index < -0.39 is 31.4 Å². The highest BCUT2D eigenvalue weighted by molar-refractivity contribution is 5.89. The first-order valence-electron chi connectivity index (χ1n) is 8.30. The Morgan fingerprint density at radius 2 is 1.92 bits per heavy atom. The lowest BCUT2D eigenvalue weighted by atomic mass is 10.0. The molecule has 2 saturated heterocycles. The van der Waals surface area contributed by atoms with Crippen LogP contribution in [0.4, 0.5) is 13.2 Å². The minimum atomic E-state index is -2.88. The van der Waals surface area contributed by atoms with Crippen LogP contribution < -0.4 is 4.74 Å². The van der Waals surface area contributed by atoms with Crippen LogP contribution in [-0.4, -0.2) is 72.1 Å². The number of nitrogens with zero attached hydrogens (tertiary/aromatic N) is 3. The number of halogens is 3. The molecule has 142 valence electrons. The summed E-state index contributed by atoms with van der Waals surface area (Å²) in [5, 5.41) is 0. The molecule has 1 aromatic rings. The van der Waals surface area contributed by atoms with Crippen LogP contribution in [0.25, 0.3) is 0 Å². The van der Waals surface area contributed by atoms with E-state index in [-0.39, 0.29) is 18.1 Å². The van der Waals surface area contributed by atoms with Gasteiger partial charge >= 0.3 is 6.61 Å². The molecule has 0 bridgehead atoms. The number of likely N-dealkylation sites (N-methyl/N-ethyl adjacent to an activating group) is 1. The standard InChI is InChI=1S/C17H20F3N3O3/c1-21-10-14-22(7-6-15(24)23(14)13(8-18)16(21)25)9-11-2-4-12(5-3-11)26-17(19)20/h2-5,13-14,17H,6-10H2,1H3. The molecule has 2 amide bonds. The van der Waals surface area contributed by atoms with Crippen molar-refractivity contribution >= 4 is 11.8 Å². The van der Waals surface area contributed by atoms with Gasteiger partial charge in [-0.15, -0.1) is 0 Å². The van der Waals surface area contributed by atoms with Crippen molar-refractivity contribution in [3.05, 3.63) is 29.8 Å². The molecular weight excluding hydrogens is 351 g/mol. The number of fused-ring (bicyclic) bond motifs is 1. The largest absolute Gasteiger partial charge is 0.435 e. The molecule has 2 atom stereocenters. The Bertz CT molecular complexity index is 671. The predicted molar refractivity (Wildman–Crippen MR) is 86.1 cm³/mol. The molecule has 2 aliphatic heterocycles. The fourth-order valence-electron chi connectivity index (χ4n) is 3.49. The number of carbonyl (C=O) groups excluding carboxylic acids is 2. The van der Waals surface area contributed by atoms with Gasteiger partial charge in [0, 0.05) is 26.6 Å². The van der Waals surface area contributed by atoms with Crippen LogP contribution in [-0.2, 0) is 16.1 Å². The van der Waals surface area contributed by atoms with E-state index >= 15 is 0 Å². The normalized spacial score (nSPS) is 24.2. The van der Waals surface area contributed by atoms with E-state index in [1.165, 1.54) is 21.9 Å². The average molecular weight is 371 g/mol. The Labute approximate surface area is 149 Å². The number of rotatable bonds is 5. The molecule has 6 nitrogen and oxygen atoms in total. The minimum absolute atomic E-state index is 0.0692. The van der Waals surface area contributed by atoms with E-state index in [0.717, 1.165) is 5.56 Å². The average Bonchev–Trinajstić information content (AvgIpc) is 2.60. The quantitative estimate of drug-likeness (QED) is 0.787. The van der Waals surface area contributed by atoms with E-state index in [1.54, 1.807) is 19.2 Å². The maximum Gasteiger partial charge on any atom is 0.387 e. The lowest BCUT2D eigenvalue weighted by Gasteiger charge is -2.51. The third-order valence-corrected chi connectivity index (χ3v) is 4.76. The topological polar surface area (TPSA) is 53.1 Å². The molecule has 0 aliphatic carbocycles. The fraction of sp³-hybridized carbons (Fsp3) is 0.529. The zero-order chi connectivity index (χ0) is 18.8. The van der Waals surface area contributed by atoms with Gasteiger partial charge in [0.2, 0.25) is 11.8 Å². The molecule has 0 aromatic heterocycles. The Balaban J connectivity index is 1.75. The molecule has 2 fully saturated rings. The van der Waals surface area contributed by atoms with E-state index in [4.69, 9.17) is 0 Å². The summed E-state index contributed by atoms with van der Waals surface area (Å²) in [6, 6.07) is 5.16. The molecule has 9 heteroatoms. The number of piperazine rings is 1. The Morgan fingerprint density at radius 1 is 1.23 bits per heavy atom. The highest BCUT2D eigenvalue weighted by Gasteiger charge is 2.46. The van der Waals surface area contributed by atoms with Crippen LogP contribution in [0.1, 0.15) is 12.0 Å². The fourth-order valence-corrected chi connectivity index (χ4v) is 3.49. The highest BCUT2D eigenvalue weighted by Crippen LogP contribution is 2.27. The molecule has 0 spiro atoms. The van der Waals surface area contributed by atoms with Crippen molar-refractivity contribution in [1.29, 1.82) is 0 Å². The molecule has 2 unspecified atom stereocenters. The predicted octanol–water partition coefficient (Wildman–Crippen LogP) is 1.46. The van der Waals surface area contributed by atoms with Crippen LogP contribution >= 0.6 is 0 Å². The smallest absolute Gasteiger partial charge is 0.387 e. The lowest BCUT2D eigenvalue weighted by Crippen LogP contribution is -2.70. The first kappa shape index (κ1) is 18.5. The second kappa shape index (κ2) is 7.53. The van der Waals surface area contributed by atoms with Gasteiger partial charge in [-0.25, -0.2) is 4.39 Å². The van der Waals surface area contributed by atoms with Gasteiger partial charge in [0.05, 0.1) is 6.54 Å². The van der Waals surface area contributed by atoms with Crippen LogP contribution in [0.5, 0.6) is 5.75 Å². The Hall–Kier alpha value is -2.29. The highest BCUT2D eigenvalue weighted by atomic mass is 19.3. The SMILES string of the molecule is CN1CC2N(Cc3ccc(OC(F)F)cc3)CCC(=O)N2C(CF)C1=O. The number of hydrogen-bond acceptors (Lipinski definition) is 4. The summed E-state index contributed by atoms with van der Waals surface area (Å²) in [6.45, 7) is -2.57. The zero-order valence-electron chi connectivity index (χ0n) is 14.3. The van der Waals surface area contributed by atoms with Crippen molar-refractivity contribution in [3.63, 3.8) is 0 Å². The number of amides is 2. The number of alkyl halides is 3. The van der Waals surface area contributed by atoms with Crippen LogP contribution in [0.15, 0.2) is 24.3 Å². The summed E-state index contributed by atoms with van der Waals surface area (Å²) in [5.74, 6) is -0.553. The maximum absolute atomic E-state index is 13.4. The van der Waals surface area contributed by atoms with Gasteiger partial charge in [-0.1, -0.05) is 12.1 Å². The Morgan fingerprint density at radius 3 is 2.54 bits per heavy atom. The van der Waals surface area contributed by atoms with Gasteiger partial charge in [0.25, 0.3) is 0 Å². The Kier molecular flexibility index (Phi) is 5.36. The number of ether oxygens (including phenoxy) is 1. The molecule has 2 aliphatic rings. The molecule has 2 heterocycles. The summed E-state index contributed by atoms with van der Waals surface area (Å²) < 4.78 is 42.2. The minimum Gasteiger partial charge on any atom is -0.435 e. The summed E-state index contributed by atoms with van der Waals surface area (Å²) in [7, 11) is 1.59. The summed E-state index contributed by atoms with van der Waals surface area (Å²) in [4.78, 5) is 29.2. The van der Waals surface area contributed by atoms with Gasteiger partial charge in [0.15, 0.2) is 0 Å². The van der Waals surface area contributed by atoms with Gasteiger partial charge in [-0.2, -0.15) is 8.78 Å². The van der Waals surface area contributed by atoms with Crippen molar-refractivity contribution in [2.45, 2.75) is 31.8 Å². The second-order valence-electron chi connectivity index (χ2n) is 6.41. The molecular formula is C17H20F3N3O3. The van der Waals surface area contributed by atoms with Crippen molar-refractivity contribution < 1.29 is 27.5 Å². The van der Waals surface area contributed by atoms with Gasteiger partial charge in [-0.3, -0.25) is 14.5 Å². The van der Waals surface area contributed by atoms with Crippen molar-refractivity contribution in [2.24, 2.45) is 0 Å². The first-order chi connectivity index (χ1) is 12.4. The van der Waals surface area contributed by atoms with Crippen molar-refractivity contribution in [1.82, 2.24) is 14.7 Å². The van der Waals surface area contributed by atoms with E-state index in [0.29, 0.717) is 19.6 Å². The van der Waals surface area contributed by atoms with Crippen LogP contribution in [0.2, 0.25) is 0 Å². The number of benzene rings is 1. The second-order valence-corrected chi connectivity index (χ2v) is 6.41. The van der Waals surface area contributed by atoms with Crippen molar-refractivity contribution in [2.75, 3.05) is 26.8 Å². The zero-order valence-corrected chi connectivity index (χ0v) is 14.3. The summed E-state index contributed by atoms with van der Waals surface area (Å²) in [5.41, 5.74) is 0.845. The molecule has 3 rings (SSSR count). The monoisotopic (exact) mass is 371 g/mol. The molecule has 0 N–H and O–H groups in total. The molecule has 0 radical (unpaired) electrons. The van der Waals surface area contributed by atoms with E-state index in [1.807, 2.05) is 4.90 Å². The summed E-state index contributed by atoms with van der Waals surface area (Å²) in [6.07, 6.45) is -0.201. The number of carbonyl (C=O) groups is 2. The van der Waals surface area contributed by atoms with Crippen molar-refractivity contribution in [3.8, 4) is 5.75 Å². The third kappa shape index (κ3) is 3.62. The van der Waals surface area contributed by atoms with Gasteiger partial charge in [0.1, 0.15) is 24.6 Å². The van der Waals surface area contributed by atoms with Gasteiger partial charge < -0.3 is 14.5 Å². The molecule has 1 aromatic carbocycles. The summed E-state index contributed by atoms with van der Waals surface area (Å²) >= 11 is 0. The molecule has 0 saturated carbocycles. The van der Waals surface area contributed by atoms with Gasteiger partial charge in [-0.05, 0) is 17.7 Å². The number of hydrogen-bond donors (Lipinski definition) is 0. The molecule has 26 heavy (non-hydrogen) atoms. The van der Waals surface area contributed by atoms with E-state index in [2.05, 4.69) is 4.74 Å². The van der Waals surface area contributed by atoms with E-state index in [9.17, 15) is 22.8 Å². The maximum atomic E-state index is 13.4. The first-order valence-corrected chi connectivity index (χ1v) is 8.30. The lowest BCUT2D eigenvalue weighted by molar-refractivity contribution is -0.170.